The summed E-state index contributed by atoms with van der Waals surface area (Å²) in [4.78, 5) is 25.9. The van der Waals surface area contributed by atoms with E-state index in [0.29, 0.717) is 11.3 Å². The van der Waals surface area contributed by atoms with Crippen LogP contribution in [0.15, 0.2) is 57.9 Å². The van der Waals surface area contributed by atoms with Crippen LogP contribution in [0.5, 0.6) is 0 Å². The lowest BCUT2D eigenvalue weighted by atomic mass is 10.2. The number of anilines is 1. The van der Waals surface area contributed by atoms with Crippen LogP contribution in [0.2, 0.25) is 0 Å². The molecule has 0 spiro atoms. The smallest absolute Gasteiger partial charge is 0.285 e. The molecule has 0 unspecified atom stereocenters. The average Bonchev–Trinajstić information content (AvgIpc) is 2.56. The SMILES string of the molecule is CN(C)C(=O)Sc1cccc(NC(=O)/C=C/c2cc(Br)ccc2F)c1. The van der Waals surface area contributed by atoms with Crippen molar-refractivity contribution in [2.45, 2.75) is 4.90 Å². The van der Waals surface area contributed by atoms with Crippen LogP contribution in [0, 0.1) is 5.82 Å². The van der Waals surface area contributed by atoms with Gasteiger partial charge in [0.05, 0.1) is 0 Å². The summed E-state index contributed by atoms with van der Waals surface area (Å²) in [5.74, 6) is -0.798. The molecular formula is C18H16BrFN2O2S. The molecule has 0 atom stereocenters. The number of halogens is 2. The number of carbonyl (C=O) groups is 2. The van der Waals surface area contributed by atoms with Crippen LogP contribution in [0.4, 0.5) is 14.9 Å². The summed E-state index contributed by atoms with van der Waals surface area (Å²) in [5, 5.41) is 2.59. The number of hydrogen-bond acceptors (Lipinski definition) is 3. The minimum atomic E-state index is -0.409. The van der Waals surface area contributed by atoms with Gasteiger partial charge in [-0.25, -0.2) is 4.39 Å². The van der Waals surface area contributed by atoms with Gasteiger partial charge in [-0.3, -0.25) is 9.59 Å². The predicted octanol–water partition coefficient (Wildman–Crippen LogP) is 5.01. The molecule has 25 heavy (non-hydrogen) atoms. The van der Waals surface area contributed by atoms with Crippen LogP contribution in [0.1, 0.15) is 5.56 Å². The Morgan fingerprint density at radius 3 is 2.68 bits per heavy atom. The molecule has 0 fully saturated rings. The molecule has 2 rings (SSSR count). The number of hydrogen-bond donors (Lipinski definition) is 1. The van der Waals surface area contributed by atoms with E-state index in [1.807, 2.05) is 0 Å². The fraction of sp³-hybridized carbons (Fsp3) is 0.111. The first-order valence-electron chi connectivity index (χ1n) is 7.28. The molecule has 0 aromatic heterocycles. The third kappa shape index (κ3) is 6.03. The van der Waals surface area contributed by atoms with E-state index < -0.39 is 5.82 Å². The topological polar surface area (TPSA) is 49.4 Å². The van der Waals surface area contributed by atoms with Crippen LogP contribution in [-0.2, 0) is 4.79 Å². The Morgan fingerprint density at radius 2 is 1.96 bits per heavy atom. The van der Waals surface area contributed by atoms with E-state index in [-0.39, 0.29) is 11.1 Å². The molecule has 0 aliphatic heterocycles. The molecular weight excluding hydrogens is 407 g/mol. The van der Waals surface area contributed by atoms with E-state index in [1.165, 1.54) is 23.1 Å². The first-order valence-corrected chi connectivity index (χ1v) is 8.89. The van der Waals surface area contributed by atoms with Crippen LogP contribution >= 0.6 is 27.7 Å². The van der Waals surface area contributed by atoms with Gasteiger partial charge in [-0.1, -0.05) is 22.0 Å². The molecule has 0 saturated carbocycles. The maximum atomic E-state index is 13.6. The van der Waals surface area contributed by atoms with Crippen molar-refractivity contribution in [1.29, 1.82) is 0 Å². The molecule has 2 amide bonds. The Bertz CT molecular complexity index is 824. The van der Waals surface area contributed by atoms with Crippen molar-refractivity contribution >= 4 is 50.6 Å². The molecule has 0 aliphatic carbocycles. The van der Waals surface area contributed by atoms with E-state index in [1.54, 1.807) is 50.5 Å². The number of thioether (sulfide) groups is 1. The second-order valence-electron chi connectivity index (χ2n) is 5.28. The maximum absolute atomic E-state index is 13.6. The van der Waals surface area contributed by atoms with Gasteiger partial charge >= 0.3 is 0 Å². The number of nitrogens with zero attached hydrogens (tertiary/aromatic N) is 1. The van der Waals surface area contributed by atoms with Gasteiger partial charge in [0, 0.05) is 40.8 Å². The van der Waals surface area contributed by atoms with Gasteiger partial charge in [0.2, 0.25) is 5.91 Å². The number of benzene rings is 2. The summed E-state index contributed by atoms with van der Waals surface area (Å²) >= 11 is 4.33. The average molecular weight is 423 g/mol. The summed E-state index contributed by atoms with van der Waals surface area (Å²) in [5.41, 5.74) is 0.867. The number of carbonyl (C=O) groups excluding carboxylic acids is 2. The summed E-state index contributed by atoms with van der Waals surface area (Å²) in [7, 11) is 3.35. The second-order valence-corrected chi connectivity index (χ2v) is 7.22. The number of rotatable bonds is 4. The Kier molecular flexibility index (Phi) is 6.78. The van der Waals surface area contributed by atoms with E-state index in [4.69, 9.17) is 0 Å². The highest BCUT2D eigenvalue weighted by molar-refractivity contribution is 9.10. The fourth-order valence-corrected chi connectivity index (χ4v) is 2.92. The van der Waals surface area contributed by atoms with Gasteiger partial charge in [-0.05, 0) is 54.2 Å². The van der Waals surface area contributed by atoms with Crippen molar-refractivity contribution in [2.75, 3.05) is 19.4 Å². The molecule has 2 aromatic carbocycles. The molecule has 0 heterocycles. The zero-order valence-electron chi connectivity index (χ0n) is 13.6. The first kappa shape index (κ1) is 19.2. The Labute approximate surface area is 158 Å². The highest BCUT2D eigenvalue weighted by atomic mass is 79.9. The fourth-order valence-electron chi connectivity index (χ4n) is 1.82. The zero-order valence-corrected chi connectivity index (χ0v) is 16.0. The molecule has 0 radical (unpaired) electrons. The molecule has 0 bridgehead atoms. The van der Waals surface area contributed by atoms with E-state index in [9.17, 15) is 14.0 Å². The van der Waals surface area contributed by atoms with Crippen LogP contribution in [-0.4, -0.2) is 30.1 Å². The lowest BCUT2D eigenvalue weighted by molar-refractivity contribution is -0.111. The largest absolute Gasteiger partial charge is 0.339 e. The number of nitrogens with one attached hydrogen (secondary N) is 1. The summed E-state index contributed by atoms with van der Waals surface area (Å²) < 4.78 is 14.4. The summed E-state index contributed by atoms with van der Waals surface area (Å²) in [6, 6.07) is 11.5. The van der Waals surface area contributed by atoms with Crippen molar-refractivity contribution in [3.8, 4) is 0 Å². The maximum Gasteiger partial charge on any atom is 0.285 e. The van der Waals surface area contributed by atoms with Gasteiger partial charge in [-0.2, -0.15) is 0 Å². The highest BCUT2D eigenvalue weighted by Gasteiger charge is 2.08. The highest BCUT2D eigenvalue weighted by Crippen LogP contribution is 2.23. The van der Waals surface area contributed by atoms with Crippen LogP contribution in [0.3, 0.4) is 0 Å². The first-order chi connectivity index (χ1) is 11.8. The van der Waals surface area contributed by atoms with Crippen LogP contribution < -0.4 is 5.32 Å². The van der Waals surface area contributed by atoms with Crippen molar-refractivity contribution < 1.29 is 14.0 Å². The van der Waals surface area contributed by atoms with Crippen LogP contribution in [0.25, 0.3) is 6.08 Å². The van der Waals surface area contributed by atoms with E-state index in [0.717, 1.165) is 21.1 Å². The van der Waals surface area contributed by atoms with E-state index >= 15 is 0 Å². The lowest BCUT2D eigenvalue weighted by Crippen LogP contribution is -2.16. The predicted molar refractivity (Wildman–Crippen MR) is 103 cm³/mol. The Balaban J connectivity index is 2.04. The molecule has 4 nitrogen and oxygen atoms in total. The molecule has 0 saturated heterocycles. The minimum Gasteiger partial charge on any atom is -0.339 e. The monoisotopic (exact) mass is 422 g/mol. The third-order valence-electron chi connectivity index (χ3n) is 3.04. The lowest BCUT2D eigenvalue weighted by Gasteiger charge is -2.10. The van der Waals surface area contributed by atoms with Crippen molar-refractivity contribution in [3.05, 3.63) is 64.4 Å². The minimum absolute atomic E-state index is 0.103. The van der Waals surface area contributed by atoms with Gasteiger partial charge < -0.3 is 10.2 Å². The number of amides is 2. The molecule has 0 aliphatic rings. The standard InChI is InChI=1S/C18H16BrFN2O2S/c1-22(2)18(24)25-15-5-3-4-14(11-15)21-17(23)9-6-12-10-13(19)7-8-16(12)20/h3-11H,1-2H3,(H,21,23)/b9-6+. The van der Waals surface area contributed by atoms with Gasteiger partial charge in [0.15, 0.2) is 0 Å². The van der Waals surface area contributed by atoms with E-state index in [2.05, 4.69) is 21.2 Å². The van der Waals surface area contributed by atoms with Gasteiger partial charge in [0.25, 0.3) is 5.24 Å². The normalized spacial score (nSPS) is 10.7. The molecule has 1 N–H and O–H groups in total. The van der Waals surface area contributed by atoms with Gasteiger partial charge in [-0.15, -0.1) is 0 Å². The Morgan fingerprint density at radius 1 is 1.20 bits per heavy atom. The molecule has 7 heteroatoms. The molecule has 2 aromatic rings. The second kappa shape index (κ2) is 8.82. The zero-order chi connectivity index (χ0) is 18.4. The van der Waals surface area contributed by atoms with Crippen molar-refractivity contribution in [1.82, 2.24) is 4.90 Å². The van der Waals surface area contributed by atoms with Crippen molar-refractivity contribution in [3.63, 3.8) is 0 Å². The summed E-state index contributed by atoms with van der Waals surface area (Å²) in [6.45, 7) is 0. The molecule has 130 valence electrons. The summed E-state index contributed by atoms with van der Waals surface area (Å²) in [6.07, 6.45) is 2.67. The quantitative estimate of drug-likeness (QED) is 0.556. The van der Waals surface area contributed by atoms with Crippen molar-refractivity contribution in [2.24, 2.45) is 0 Å². The van der Waals surface area contributed by atoms with Gasteiger partial charge in [0.1, 0.15) is 5.82 Å². The third-order valence-corrected chi connectivity index (χ3v) is 4.57. The Hall–Kier alpha value is -2.12.